The highest BCUT2D eigenvalue weighted by Gasteiger charge is 2.27. The summed E-state index contributed by atoms with van der Waals surface area (Å²) in [7, 11) is 0. The van der Waals surface area contributed by atoms with Crippen molar-refractivity contribution in [2.45, 2.75) is 70.7 Å². The van der Waals surface area contributed by atoms with Gasteiger partial charge in [-0.1, -0.05) is 42.5 Å². The number of carbonyl (C=O) groups is 1. The molecule has 1 saturated carbocycles. The minimum Gasteiger partial charge on any atom is -0.489 e. The molecule has 0 atom stereocenters. The van der Waals surface area contributed by atoms with Gasteiger partial charge in [-0.2, -0.15) is 0 Å². The van der Waals surface area contributed by atoms with Crippen molar-refractivity contribution in [3.8, 4) is 16.9 Å². The van der Waals surface area contributed by atoms with Crippen LogP contribution in [0.1, 0.15) is 58.1 Å². The third kappa shape index (κ3) is 5.90. The lowest BCUT2D eigenvalue weighted by Gasteiger charge is -2.31. The van der Waals surface area contributed by atoms with Crippen LogP contribution in [0, 0.1) is 0 Å². The van der Waals surface area contributed by atoms with Gasteiger partial charge in [0.25, 0.3) is 0 Å². The maximum absolute atomic E-state index is 12.3. The fourth-order valence-electron chi connectivity index (χ4n) is 5.16. The van der Waals surface area contributed by atoms with E-state index < -0.39 is 0 Å². The van der Waals surface area contributed by atoms with Crippen LogP contribution in [0.4, 0.5) is 10.6 Å². The van der Waals surface area contributed by atoms with E-state index in [9.17, 15) is 4.79 Å². The minimum absolute atomic E-state index is 0.107. The Morgan fingerprint density at radius 3 is 2.55 bits per heavy atom. The molecule has 5 rings (SSSR count). The summed E-state index contributed by atoms with van der Waals surface area (Å²) in [4.78, 5) is 21.3. The van der Waals surface area contributed by atoms with Gasteiger partial charge < -0.3 is 25.7 Å². The number of anilines is 1. The zero-order valence-electron chi connectivity index (χ0n) is 22.3. The van der Waals surface area contributed by atoms with Gasteiger partial charge in [0.1, 0.15) is 30.1 Å². The zero-order valence-corrected chi connectivity index (χ0v) is 22.3. The van der Waals surface area contributed by atoms with Gasteiger partial charge in [-0.15, -0.1) is 0 Å². The van der Waals surface area contributed by atoms with E-state index in [0.29, 0.717) is 12.4 Å². The van der Waals surface area contributed by atoms with Gasteiger partial charge in [0.15, 0.2) is 0 Å². The molecule has 2 amide bonds. The number of aromatic nitrogens is 3. The maximum atomic E-state index is 12.3. The number of rotatable bonds is 6. The Hall–Kier alpha value is -4.07. The first-order valence-corrected chi connectivity index (χ1v) is 13.2. The summed E-state index contributed by atoms with van der Waals surface area (Å²) in [6.45, 7) is 6.45. The van der Waals surface area contributed by atoms with Crippen molar-refractivity contribution < 1.29 is 9.53 Å². The van der Waals surface area contributed by atoms with Crippen LogP contribution in [0.5, 0.6) is 5.75 Å². The molecule has 0 spiro atoms. The molecule has 0 aliphatic heterocycles. The number of nitrogens with zero attached hydrogens (tertiary/aromatic N) is 3. The molecule has 0 unspecified atom stereocenters. The third-order valence-corrected chi connectivity index (χ3v) is 6.95. The number of amides is 2. The fraction of sp³-hybridized carbons (Fsp3) is 0.367. The molecule has 0 bridgehead atoms. The van der Waals surface area contributed by atoms with Crippen molar-refractivity contribution in [1.29, 1.82) is 0 Å². The second kappa shape index (κ2) is 10.7. The summed E-state index contributed by atoms with van der Waals surface area (Å²) in [6, 6.07) is 18.5. The van der Waals surface area contributed by atoms with Crippen LogP contribution in [-0.2, 0) is 6.61 Å². The highest BCUT2D eigenvalue weighted by atomic mass is 16.5. The molecule has 1 aliphatic rings. The molecule has 4 N–H and O–H groups in total. The maximum Gasteiger partial charge on any atom is 0.315 e. The molecule has 0 radical (unpaired) electrons. The molecule has 1 fully saturated rings. The summed E-state index contributed by atoms with van der Waals surface area (Å²) in [5.41, 5.74) is 10.1. The van der Waals surface area contributed by atoms with E-state index in [1.165, 1.54) is 6.33 Å². The van der Waals surface area contributed by atoms with Gasteiger partial charge >= 0.3 is 6.03 Å². The van der Waals surface area contributed by atoms with Crippen LogP contribution in [-0.4, -0.2) is 32.1 Å². The zero-order chi connectivity index (χ0) is 26.7. The SMILES string of the molecule is CC(C)(C)NC(=O)NC1CCC(n2cc(-c3cccc(OCc4ccccc4)c3)c3c(N)ncnc32)CC1. The second-order valence-corrected chi connectivity index (χ2v) is 11.1. The molecule has 8 nitrogen and oxygen atoms in total. The number of ether oxygens (including phenoxy) is 1. The predicted molar refractivity (Wildman–Crippen MR) is 151 cm³/mol. The molecule has 2 aromatic heterocycles. The van der Waals surface area contributed by atoms with Gasteiger partial charge in [0.2, 0.25) is 0 Å². The average molecular weight is 513 g/mol. The summed E-state index contributed by atoms with van der Waals surface area (Å²) in [5.74, 6) is 1.26. The number of nitrogens with two attached hydrogens (primary N) is 1. The number of fused-ring (bicyclic) bond motifs is 1. The first-order chi connectivity index (χ1) is 18.3. The molecule has 1 aliphatic carbocycles. The van der Waals surface area contributed by atoms with Gasteiger partial charge in [-0.25, -0.2) is 14.8 Å². The van der Waals surface area contributed by atoms with Crippen LogP contribution in [0.25, 0.3) is 22.2 Å². The standard InChI is InChI=1S/C30H36N6O2/c1-30(2,3)35-29(37)34-22-12-14-23(15-13-22)36-17-25(26-27(31)32-19-33-28(26)36)21-10-7-11-24(16-21)38-18-20-8-5-4-6-9-20/h4-11,16-17,19,22-23H,12-15,18H2,1-3H3,(H2,31,32,33)(H2,34,35,37). The minimum atomic E-state index is -0.259. The Morgan fingerprint density at radius 2 is 1.82 bits per heavy atom. The molecular formula is C30H36N6O2. The number of carbonyl (C=O) groups excluding carboxylic acids is 1. The van der Waals surface area contributed by atoms with Crippen molar-refractivity contribution in [2.75, 3.05) is 5.73 Å². The molecule has 4 aromatic rings. The van der Waals surface area contributed by atoms with Crippen LogP contribution in [0.15, 0.2) is 67.1 Å². The van der Waals surface area contributed by atoms with Crippen molar-refractivity contribution in [3.63, 3.8) is 0 Å². The molecule has 38 heavy (non-hydrogen) atoms. The normalized spacial score (nSPS) is 17.8. The van der Waals surface area contributed by atoms with E-state index >= 15 is 0 Å². The lowest BCUT2D eigenvalue weighted by Crippen LogP contribution is -2.50. The monoisotopic (exact) mass is 512 g/mol. The number of benzene rings is 2. The van der Waals surface area contributed by atoms with E-state index in [1.807, 2.05) is 57.2 Å². The molecule has 2 heterocycles. The number of hydrogen-bond acceptors (Lipinski definition) is 5. The molecule has 198 valence electrons. The molecule has 0 saturated heterocycles. The summed E-state index contributed by atoms with van der Waals surface area (Å²) >= 11 is 0. The van der Waals surface area contributed by atoms with Gasteiger partial charge in [0, 0.05) is 29.4 Å². The summed E-state index contributed by atoms with van der Waals surface area (Å²) < 4.78 is 8.33. The van der Waals surface area contributed by atoms with Crippen LogP contribution < -0.4 is 21.1 Å². The topological polar surface area (TPSA) is 107 Å². The Balaban J connectivity index is 1.35. The van der Waals surface area contributed by atoms with Crippen molar-refractivity contribution >= 4 is 22.9 Å². The third-order valence-electron chi connectivity index (χ3n) is 6.95. The number of nitrogen functional groups attached to an aromatic ring is 1. The fourth-order valence-corrected chi connectivity index (χ4v) is 5.16. The summed E-state index contributed by atoms with van der Waals surface area (Å²) in [5, 5.41) is 6.98. The lowest BCUT2D eigenvalue weighted by molar-refractivity contribution is 0.219. The van der Waals surface area contributed by atoms with Gasteiger partial charge in [0.05, 0.1) is 5.39 Å². The Morgan fingerprint density at radius 1 is 1.05 bits per heavy atom. The highest BCUT2D eigenvalue weighted by molar-refractivity contribution is 6.00. The van der Waals surface area contributed by atoms with Crippen LogP contribution >= 0.6 is 0 Å². The average Bonchev–Trinajstić information content (AvgIpc) is 3.29. The largest absolute Gasteiger partial charge is 0.489 e. The first-order valence-electron chi connectivity index (χ1n) is 13.2. The van der Waals surface area contributed by atoms with Crippen LogP contribution in [0.3, 0.4) is 0 Å². The Kier molecular flexibility index (Phi) is 7.22. The molecular weight excluding hydrogens is 476 g/mol. The lowest BCUT2D eigenvalue weighted by atomic mass is 9.91. The number of hydrogen-bond donors (Lipinski definition) is 3. The molecule has 8 heteroatoms. The van der Waals surface area contributed by atoms with Crippen LogP contribution in [0.2, 0.25) is 0 Å². The number of nitrogens with one attached hydrogen (secondary N) is 2. The molecule has 2 aromatic carbocycles. The first kappa shape index (κ1) is 25.6. The van der Waals surface area contributed by atoms with Gasteiger partial charge in [-0.05, 0) is 69.7 Å². The van der Waals surface area contributed by atoms with E-state index in [0.717, 1.165) is 59.2 Å². The van der Waals surface area contributed by atoms with Gasteiger partial charge in [-0.3, -0.25) is 0 Å². The number of urea groups is 1. The quantitative estimate of drug-likeness (QED) is 0.301. The van der Waals surface area contributed by atoms with E-state index in [1.54, 1.807) is 0 Å². The van der Waals surface area contributed by atoms with E-state index in [4.69, 9.17) is 10.5 Å². The summed E-state index contributed by atoms with van der Waals surface area (Å²) in [6.07, 6.45) is 7.36. The smallest absolute Gasteiger partial charge is 0.315 e. The highest BCUT2D eigenvalue weighted by Crippen LogP contribution is 2.38. The Bertz CT molecular complexity index is 1400. The van der Waals surface area contributed by atoms with E-state index in [-0.39, 0.29) is 23.7 Å². The van der Waals surface area contributed by atoms with Crippen molar-refractivity contribution in [3.05, 3.63) is 72.7 Å². The van der Waals surface area contributed by atoms with E-state index in [2.05, 4.69) is 49.6 Å². The second-order valence-electron chi connectivity index (χ2n) is 11.1. The van der Waals surface area contributed by atoms with Crippen molar-refractivity contribution in [1.82, 2.24) is 25.2 Å². The van der Waals surface area contributed by atoms with Crippen molar-refractivity contribution in [2.24, 2.45) is 0 Å². The Labute approximate surface area is 223 Å². The predicted octanol–water partition coefficient (Wildman–Crippen LogP) is 5.84.